The molecule has 0 radical (unpaired) electrons. The summed E-state index contributed by atoms with van der Waals surface area (Å²) >= 11 is 0. The number of benzene rings is 2. The number of methoxy groups -OCH3 is 2. The molecule has 0 saturated heterocycles. The molecule has 0 fully saturated rings. The number of amides is 1. The predicted molar refractivity (Wildman–Crippen MR) is 114 cm³/mol. The van der Waals surface area contributed by atoms with Crippen LogP contribution in [-0.2, 0) is 14.8 Å². The number of unbranched alkanes of at least 4 members (excludes halogenated alkanes) is 1. The second-order valence-electron chi connectivity index (χ2n) is 6.21. The predicted octanol–water partition coefficient (Wildman–Crippen LogP) is 3.43. The molecule has 0 heterocycles. The average molecular weight is 419 g/mol. The fraction of sp³-hybridized carbons (Fsp3) is 0.286. The molecule has 0 spiro atoms. The number of ether oxygens (including phenoxy) is 2. The second-order valence-corrected chi connectivity index (χ2v) is 7.98. The lowest BCUT2D eigenvalue weighted by atomic mass is 10.2. The van der Waals surface area contributed by atoms with E-state index in [0.29, 0.717) is 23.7 Å². The zero-order chi connectivity index (χ0) is 21.3. The van der Waals surface area contributed by atoms with Crippen molar-refractivity contribution in [2.24, 2.45) is 0 Å². The molecule has 0 aromatic heterocycles. The lowest BCUT2D eigenvalue weighted by Crippen LogP contribution is -2.24. The Morgan fingerprint density at radius 3 is 2.34 bits per heavy atom. The third-order valence-electron chi connectivity index (χ3n) is 4.09. The van der Waals surface area contributed by atoms with Crippen LogP contribution in [0.2, 0.25) is 0 Å². The molecule has 2 aromatic rings. The Hall–Kier alpha value is -2.84. The summed E-state index contributed by atoms with van der Waals surface area (Å²) in [5.41, 5.74) is 1.27. The minimum absolute atomic E-state index is 0.160. The van der Waals surface area contributed by atoms with E-state index in [4.69, 9.17) is 9.47 Å². The van der Waals surface area contributed by atoms with Gasteiger partial charge in [-0.2, -0.15) is 0 Å². The van der Waals surface area contributed by atoms with Crippen molar-refractivity contribution in [1.29, 1.82) is 0 Å². The van der Waals surface area contributed by atoms with E-state index in [1.54, 1.807) is 50.6 Å². The fourth-order valence-corrected chi connectivity index (χ4v) is 3.57. The van der Waals surface area contributed by atoms with E-state index in [0.717, 1.165) is 18.4 Å². The minimum Gasteiger partial charge on any atom is -0.493 e. The molecule has 0 unspecified atom stereocenters. The number of carbonyl (C=O) groups is 1. The van der Waals surface area contributed by atoms with Crippen molar-refractivity contribution in [2.45, 2.75) is 24.7 Å². The summed E-state index contributed by atoms with van der Waals surface area (Å²) < 4.78 is 37.3. The first-order valence-electron chi connectivity index (χ1n) is 9.20. The van der Waals surface area contributed by atoms with Crippen LogP contribution in [0.25, 0.3) is 6.08 Å². The van der Waals surface area contributed by atoms with Gasteiger partial charge in [0.1, 0.15) is 0 Å². The Kier molecular flexibility index (Phi) is 8.23. The molecule has 0 bridgehead atoms. The molecule has 8 heteroatoms. The molecule has 7 nitrogen and oxygen atoms in total. The third-order valence-corrected chi connectivity index (χ3v) is 5.57. The van der Waals surface area contributed by atoms with Crippen LogP contribution in [0.3, 0.4) is 0 Å². The molecule has 29 heavy (non-hydrogen) atoms. The molecule has 0 aliphatic rings. The molecule has 1 amide bonds. The maximum absolute atomic E-state index is 12.2. The van der Waals surface area contributed by atoms with E-state index in [-0.39, 0.29) is 10.8 Å². The largest absolute Gasteiger partial charge is 0.493 e. The van der Waals surface area contributed by atoms with Crippen LogP contribution in [-0.4, -0.2) is 35.1 Å². The fourth-order valence-electron chi connectivity index (χ4n) is 2.50. The van der Waals surface area contributed by atoms with Gasteiger partial charge in [0.05, 0.1) is 19.1 Å². The standard InChI is InChI=1S/C21H26N2O5S/c1-4-5-14-22-29(25,26)18-10-8-17(9-11-18)23-21(24)13-7-16-6-12-19(27-2)20(15-16)28-3/h6-13,15,22H,4-5,14H2,1-3H3,(H,23,24). The van der Waals surface area contributed by atoms with Gasteiger partial charge in [0, 0.05) is 18.3 Å². The van der Waals surface area contributed by atoms with Crippen molar-refractivity contribution >= 4 is 27.7 Å². The lowest BCUT2D eigenvalue weighted by Gasteiger charge is -2.08. The number of hydrogen-bond acceptors (Lipinski definition) is 5. The molecular formula is C21H26N2O5S. The van der Waals surface area contributed by atoms with Gasteiger partial charge in [-0.25, -0.2) is 13.1 Å². The normalized spacial score (nSPS) is 11.4. The molecule has 0 saturated carbocycles. The quantitative estimate of drug-likeness (QED) is 0.455. The Morgan fingerprint density at radius 2 is 1.72 bits per heavy atom. The van der Waals surface area contributed by atoms with Gasteiger partial charge in [-0.05, 0) is 54.5 Å². The van der Waals surface area contributed by atoms with E-state index in [2.05, 4.69) is 10.0 Å². The Labute approximate surface area is 171 Å². The van der Waals surface area contributed by atoms with Crippen LogP contribution < -0.4 is 19.5 Å². The van der Waals surface area contributed by atoms with Crippen LogP contribution in [0.1, 0.15) is 25.3 Å². The number of hydrogen-bond donors (Lipinski definition) is 2. The van der Waals surface area contributed by atoms with Crippen LogP contribution in [0.5, 0.6) is 11.5 Å². The highest BCUT2D eigenvalue weighted by Crippen LogP contribution is 2.28. The maximum atomic E-state index is 12.2. The zero-order valence-electron chi connectivity index (χ0n) is 16.8. The minimum atomic E-state index is -3.54. The van der Waals surface area contributed by atoms with Crippen molar-refractivity contribution in [2.75, 3.05) is 26.1 Å². The average Bonchev–Trinajstić information content (AvgIpc) is 2.72. The first kappa shape index (κ1) is 22.4. The van der Waals surface area contributed by atoms with Crippen LogP contribution in [0.15, 0.2) is 53.4 Å². The third kappa shape index (κ3) is 6.62. The number of rotatable bonds is 10. The smallest absolute Gasteiger partial charge is 0.248 e. The van der Waals surface area contributed by atoms with Crippen molar-refractivity contribution in [3.8, 4) is 11.5 Å². The highest BCUT2D eigenvalue weighted by atomic mass is 32.2. The Balaban J connectivity index is 1.99. The van der Waals surface area contributed by atoms with E-state index in [1.807, 2.05) is 6.92 Å². The van der Waals surface area contributed by atoms with Crippen molar-refractivity contribution < 1.29 is 22.7 Å². The van der Waals surface area contributed by atoms with Gasteiger partial charge in [-0.1, -0.05) is 19.4 Å². The number of anilines is 1. The van der Waals surface area contributed by atoms with E-state index < -0.39 is 10.0 Å². The van der Waals surface area contributed by atoms with Crippen LogP contribution in [0.4, 0.5) is 5.69 Å². The van der Waals surface area contributed by atoms with E-state index >= 15 is 0 Å². The van der Waals surface area contributed by atoms with Crippen LogP contribution >= 0.6 is 0 Å². The van der Waals surface area contributed by atoms with Crippen molar-refractivity contribution in [3.05, 3.63) is 54.1 Å². The maximum Gasteiger partial charge on any atom is 0.248 e. The van der Waals surface area contributed by atoms with Gasteiger partial charge in [-0.15, -0.1) is 0 Å². The van der Waals surface area contributed by atoms with Gasteiger partial charge in [-0.3, -0.25) is 4.79 Å². The summed E-state index contributed by atoms with van der Waals surface area (Å²) in [6, 6.07) is 11.3. The van der Waals surface area contributed by atoms with Gasteiger partial charge in [0.15, 0.2) is 11.5 Å². The molecule has 2 aromatic carbocycles. The zero-order valence-corrected chi connectivity index (χ0v) is 17.6. The number of carbonyl (C=O) groups excluding carboxylic acids is 1. The Morgan fingerprint density at radius 1 is 1.03 bits per heavy atom. The molecular weight excluding hydrogens is 392 g/mol. The van der Waals surface area contributed by atoms with Gasteiger partial charge in [0.2, 0.25) is 15.9 Å². The van der Waals surface area contributed by atoms with Crippen molar-refractivity contribution in [3.63, 3.8) is 0 Å². The molecule has 156 valence electrons. The summed E-state index contributed by atoms with van der Waals surface area (Å²) in [5.74, 6) is 0.837. The van der Waals surface area contributed by atoms with Gasteiger partial charge >= 0.3 is 0 Å². The Bertz CT molecular complexity index is 954. The molecule has 0 aliphatic carbocycles. The molecule has 0 aliphatic heterocycles. The summed E-state index contributed by atoms with van der Waals surface area (Å²) in [6.45, 7) is 2.39. The van der Waals surface area contributed by atoms with Gasteiger partial charge < -0.3 is 14.8 Å². The highest BCUT2D eigenvalue weighted by molar-refractivity contribution is 7.89. The molecule has 2 rings (SSSR count). The molecule has 0 atom stereocenters. The second kappa shape index (κ2) is 10.6. The number of nitrogens with one attached hydrogen (secondary N) is 2. The van der Waals surface area contributed by atoms with E-state index in [9.17, 15) is 13.2 Å². The summed E-state index contributed by atoms with van der Waals surface area (Å²) in [6.07, 6.45) is 4.72. The van der Waals surface area contributed by atoms with Gasteiger partial charge in [0.25, 0.3) is 0 Å². The first-order chi connectivity index (χ1) is 13.9. The topological polar surface area (TPSA) is 93.7 Å². The monoisotopic (exact) mass is 418 g/mol. The highest BCUT2D eigenvalue weighted by Gasteiger charge is 2.13. The summed E-state index contributed by atoms with van der Waals surface area (Å²) in [7, 11) is -0.438. The van der Waals surface area contributed by atoms with E-state index in [1.165, 1.54) is 18.2 Å². The first-order valence-corrected chi connectivity index (χ1v) is 10.7. The van der Waals surface area contributed by atoms with Crippen LogP contribution in [0, 0.1) is 0 Å². The summed E-state index contributed by atoms with van der Waals surface area (Å²) in [5, 5.41) is 2.70. The summed E-state index contributed by atoms with van der Waals surface area (Å²) in [4.78, 5) is 12.3. The lowest BCUT2D eigenvalue weighted by molar-refractivity contribution is -0.111. The molecule has 2 N–H and O–H groups in total. The number of sulfonamides is 1. The SMILES string of the molecule is CCCCNS(=O)(=O)c1ccc(NC(=O)C=Cc2ccc(OC)c(OC)c2)cc1. The van der Waals surface area contributed by atoms with Crippen molar-refractivity contribution in [1.82, 2.24) is 4.72 Å².